The Hall–Kier alpha value is -2.14. The molecule has 1 fully saturated rings. The summed E-state index contributed by atoms with van der Waals surface area (Å²) in [4.78, 5) is 29.5. The zero-order chi connectivity index (χ0) is 20.0. The first-order valence-electron chi connectivity index (χ1n) is 10.3. The SMILES string of the molecule is CC[C@](C)(C(=O)NC1CCCCC1)N(C(=O)Cc1cccs1)c1ccccc1. The van der Waals surface area contributed by atoms with Gasteiger partial charge in [0.15, 0.2) is 0 Å². The molecule has 0 spiro atoms. The van der Waals surface area contributed by atoms with Crippen molar-refractivity contribution in [2.24, 2.45) is 0 Å². The van der Waals surface area contributed by atoms with Crippen molar-refractivity contribution in [3.63, 3.8) is 0 Å². The van der Waals surface area contributed by atoms with Crippen LogP contribution in [0.4, 0.5) is 5.69 Å². The minimum Gasteiger partial charge on any atom is -0.351 e. The predicted molar refractivity (Wildman–Crippen MR) is 116 cm³/mol. The molecule has 0 bridgehead atoms. The summed E-state index contributed by atoms with van der Waals surface area (Å²) in [5.41, 5.74) is -0.153. The molecule has 2 aromatic rings. The summed E-state index contributed by atoms with van der Waals surface area (Å²) in [5.74, 6) is -0.0953. The zero-order valence-electron chi connectivity index (χ0n) is 16.8. The molecule has 5 heteroatoms. The molecule has 1 aliphatic carbocycles. The monoisotopic (exact) mass is 398 g/mol. The largest absolute Gasteiger partial charge is 0.351 e. The van der Waals surface area contributed by atoms with Gasteiger partial charge in [0.1, 0.15) is 5.54 Å². The maximum Gasteiger partial charge on any atom is 0.246 e. The Morgan fingerprint density at radius 2 is 1.82 bits per heavy atom. The van der Waals surface area contributed by atoms with Crippen molar-refractivity contribution < 1.29 is 9.59 Å². The number of nitrogens with one attached hydrogen (secondary N) is 1. The standard InChI is InChI=1S/C23H30N2O2S/c1-3-23(2,22(27)24-18-11-6-4-7-12-18)25(19-13-8-5-9-14-19)21(26)17-20-15-10-16-28-20/h5,8-10,13-16,18H,3-4,6-7,11-12,17H2,1-2H3,(H,24,27)/t23-/m1/s1. The Morgan fingerprint density at radius 1 is 1.11 bits per heavy atom. The minimum atomic E-state index is -0.923. The summed E-state index contributed by atoms with van der Waals surface area (Å²) in [6.45, 7) is 3.87. The molecule has 150 valence electrons. The van der Waals surface area contributed by atoms with Crippen LogP contribution >= 0.6 is 11.3 Å². The van der Waals surface area contributed by atoms with Crippen molar-refractivity contribution in [3.8, 4) is 0 Å². The summed E-state index contributed by atoms with van der Waals surface area (Å²) < 4.78 is 0. The lowest BCUT2D eigenvalue weighted by atomic mass is 9.90. The number of rotatable bonds is 7. The van der Waals surface area contributed by atoms with Gasteiger partial charge >= 0.3 is 0 Å². The fourth-order valence-electron chi connectivity index (χ4n) is 3.93. The fourth-order valence-corrected chi connectivity index (χ4v) is 4.63. The molecular formula is C23H30N2O2S. The molecule has 0 saturated heterocycles. The second-order valence-electron chi connectivity index (χ2n) is 7.76. The number of benzene rings is 1. The van der Waals surface area contributed by atoms with Gasteiger partial charge in [0.25, 0.3) is 0 Å². The van der Waals surface area contributed by atoms with Crippen LogP contribution in [0.2, 0.25) is 0 Å². The predicted octanol–water partition coefficient (Wildman–Crippen LogP) is 4.94. The second-order valence-corrected chi connectivity index (χ2v) is 8.79. The first-order chi connectivity index (χ1) is 13.5. The molecular weight excluding hydrogens is 368 g/mol. The number of hydrogen-bond acceptors (Lipinski definition) is 3. The topological polar surface area (TPSA) is 49.4 Å². The van der Waals surface area contributed by atoms with Crippen LogP contribution in [-0.2, 0) is 16.0 Å². The third kappa shape index (κ3) is 4.64. The normalized spacial score (nSPS) is 16.9. The van der Waals surface area contributed by atoms with E-state index < -0.39 is 5.54 Å². The van der Waals surface area contributed by atoms with Crippen LogP contribution in [0.3, 0.4) is 0 Å². The van der Waals surface area contributed by atoms with E-state index in [0.717, 1.165) is 36.2 Å². The highest BCUT2D eigenvalue weighted by atomic mass is 32.1. The van der Waals surface area contributed by atoms with Crippen LogP contribution in [-0.4, -0.2) is 23.4 Å². The zero-order valence-corrected chi connectivity index (χ0v) is 17.6. The van der Waals surface area contributed by atoms with Gasteiger partial charge in [-0.3, -0.25) is 14.5 Å². The second kappa shape index (κ2) is 9.37. The number of amides is 2. The molecule has 4 nitrogen and oxygen atoms in total. The molecule has 0 aliphatic heterocycles. The highest BCUT2D eigenvalue weighted by Crippen LogP contribution is 2.30. The van der Waals surface area contributed by atoms with Crippen molar-refractivity contribution in [2.75, 3.05) is 4.90 Å². The van der Waals surface area contributed by atoms with Crippen LogP contribution in [0.5, 0.6) is 0 Å². The van der Waals surface area contributed by atoms with E-state index in [4.69, 9.17) is 0 Å². The highest BCUT2D eigenvalue weighted by Gasteiger charge is 2.42. The molecule has 1 N–H and O–H groups in total. The number of carbonyl (C=O) groups is 2. The van der Waals surface area contributed by atoms with Crippen LogP contribution < -0.4 is 10.2 Å². The molecule has 28 heavy (non-hydrogen) atoms. The summed E-state index contributed by atoms with van der Waals surface area (Å²) in [6, 6.07) is 13.7. The molecule has 1 aromatic carbocycles. The van der Waals surface area contributed by atoms with E-state index >= 15 is 0 Å². The van der Waals surface area contributed by atoms with E-state index in [2.05, 4.69) is 5.32 Å². The van der Waals surface area contributed by atoms with Crippen LogP contribution in [0.25, 0.3) is 0 Å². The van der Waals surface area contributed by atoms with Gasteiger partial charge < -0.3 is 5.32 Å². The molecule has 1 saturated carbocycles. The summed E-state index contributed by atoms with van der Waals surface area (Å²) in [5, 5.41) is 5.22. The van der Waals surface area contributed by atoms with E-state index in [1.165, 1.54) is 6.42 Å². The van der Waals surface area contributed by atoms with Gasteiger partial charge in [0.2, 0.25) is 11.8 Å². The lowest BCUT2D eigenvalue weighted by Gasteiger charge is -2.41. The summed E-state index contributed by atoms with van der Waals surface area (Å²) in [6.07, 6.45) is 6.48. The summed E-state index contributed by atoms with van der Waals surface area (Å²) >= 11 is 1.57. The first kappa shape index (κ1) is 20.6. The van der Waals surface area contributed by atoms with Crippen LogP contribution in [0, 0.1) is 0 Å². The average Bonchev–Trinajstić information content (AvgIpc) is 3.22. The molecule has 0 unspecified atom stereocenters. The number of para-hydroxylation sites is 1. The molecule has 1 aromatic heterocycles. The Kier molecular flexibility index (Phi) is 6.89. The Balaban J connectivity index is 1.88. The number of carbonyl (C=O) groups excluding carboxylic acids is 2. The van der Waals surface area contributed by atoms with Crippen LogP contribution in [0.15, 0.2) is 47.8 Å². The summed E-state index contributed by atoms with van der Waals surface area (Å²) in [7, 11) is 0. The average molecular weight is 399 g/mol. The number of anilines is 1. The smallest absolute Gasteiger partial charge is 0.246 e. The molecule has 1 heterocycles. The van der Waals surface area contributed by atoms with Gasteiger partial charge in [-0.2, -0.15) is 0 Å². The molecule has 1 aliphatic rings. The third-order valence-electron chi connectivity index (χ3n) is 5.78. The van der Waals surface area contributed by atoms with Crippen LogP contribution in [0.1, 0.15) is 57.2 Å². The van der Waals surface area contributed by atoms with E-state index in [1.807, 2.05) is 61.7 Å². The molecule has 3 rings (SSSR count). The van der Waals surface area contributed by atoms with Crippen molar-refractivity contribution in [2.45, 2.75) is 70.4 Å². The number of thiophene rings is 1. The van der Waals surface area contributed by atoms with Gasteiger partial charge in [-0.15, -0.1) is 11.3 Å². The Labute approximate surface area is 172 Å². The van der Waals surface area contributed by atoms with E-state index in [9.17, 15) is 9.59 Å². The van der Waals surface area contributed by atoms with Gasteiger partial charge in [0, 0.05) is 16.6 Å². The molecule has 2 amide bonds. The number of hydrogen-bond donors (Lipinski definition) is 1. The van der Waals surface area contributed by atoms with E-state index in [0.29, 0.717) is 12.8 Å². The first-order valence-corrected chi connectivity index (χ1v) is 11.1. The third-order valence-corrected chi connectivity index (χ3v) is 6.66. The van der Waals surface area contributed by atoms with Crippen molar-refractivity contribution >= 4 is 28.8 Å². The fraction of sp³-hybridized carbons (Fsp3) is 0.478. The van der Waals surface area contributed by atoms with E-state index in [-0.39, 0.29) is 17.9 Å². The Morgan fingerprint density at radius 3 is 2.43 bits per heavy atom. The maximum absolute atomic E-state index is 13.4. The maximum atomic E-state index is 13.4. The number of nitrogens with zero attached hydrogens (tertiary/aromatic N) is 1. The van der Waals surface area contributed by atoms with E-state index in [1.54, 1.807) is 16.2 Å². The van der Waals surface area contributed by atoms with Crippen molar-refractivity contribution in [1.82, 2.24) is 5.32 Å². The van der Waals surface area contributed by atoms with Gasteiger partial charge in [0.05, 0.1) is 6.42 Å². The minimum absolute atomic E-state index is 0.0446. The molecule has 1 atom stereocenters. The quantitative estimate of drug-likeness (QED) is 0.718. The lowest BCUT2D eigenvalue weighted by Crippen LogP contribution is -2.61. The van der Waals surface area contributed by atoms with Gasteiger partial charge in [-0.05, 0) is 49.8 Å². The molecule has 0 radical (unpaired) electrons. The van der Waals surface area contributed by atoms with Gasteiger partial charge in [-0.1, -0.05) is 50.5 Å². The lowest BCUT2D eigenvalue weighted by molar-refractivity contribution is -0.130. The van der Waals surface area contributed by atoms with Gasteiger partial charge in [-0.25, -0.2) is 0 Å². The Bertz CT molecular complexity index is 769. The van der Waals surface area contributed by atoms with Crippen molar-refractivity contribution in [3.05, 3.63) is 52.7 Å². The highest BCUT2D eigenvalue weighted by molar-refractivity contribution is 7.10. The van der Waals surface area contributed by atoms with Crippen molar-refractivity contribution in [1.29, 1.82) is 0 Å².